The quantitative estimate of drug-likeness (QED) is 0.845. The van der Waals surface area contributed by atoms with E-state index in [0.717, 1.165) is 18.9 Å². The molecule has 92 valence electrons. The Hall–Kier alpha value is -0.930. The molecule has 17 heavy (non-hydrogen) atoms. The van der Waals surface area contributed by atoms with Crippen molar-refractivity contribution in [1.82, 2.24) is 4.90 Å². The number of halogens is 2. The standard InChI is InChI=1S/C12H14Cl2N2O/c1-8(12-15-6-7-16(12)2)17-11-9(13)4-3-5-10(11)14/h3-5,8H,6-7H2,1-2H3. The number of hydrogen-bond acceptors (Lipinski definition) is 3. The second-order valence-electron chi connectivity index (χ2n) is 3.97. The topological polar surface area (TPSA) is 24.8 Å². The van der Waals surface area contributed by atoms with Crippen LogP contribution in [-0.4, -0.2) is 37.0 Å². The van der Waals surface area contributed by atoms with Gasteiger partial charge in [0, 0.05) is 13.6 Å². The van der Waals surface area contributed by atoms with E-state index < -0.39 is 0 Å². The van der Waals surface area contributed by atoms with Crippen molar-refractivity contribution < 1.29 is 4.74 Å². The number of para-hydroxylation sites is 1. The van der Waals surface area contributed by atoms with Crippen LogP contribution >= 0.6 is 23.2 Å². The van der Waals surface area contributed by atoms with Crippen molar-refractivity contribution in [3.05, 3.63) is 28.2 Å². The minimum Gasteiger partial charge on any atom is -0.480 e. The predicted molar refractivity (Wildman–Crippen MR) is 71.5 cm³/mol. The third-order valence-electron chi connectivity index (χ3n) is 2.68. The van der Waals surface area contributed by atoms with Crippen LogP contribution in [0.1, 0.15) is 6.92 Å². The van der Waals surface area contributed by atoms with Crippen molar-refractivity contribution in [1.29, 1.82) is 0 Å². The molecule has 2 rings (SSSR count). The molecule has 1 unspecified atom stereocenters. The van der Waals surface area contributed by atoms with Crippen LogP contribution in [0, 0.1) is 0 Å². The molecule has 0 fully saturated rings. The zero-order valence-electron chi connectivity index (χ0n) is 9.78. The molecule has 0 N–H and O–H groups in total. The molecule has 0 saturated carbocycles. The molecular weight excluding hydrogens is 259 g/mol. The van der Waals surface area contributed by atoms with Gasteiger partial charge in [0.2, 0.25) is 0 Å². The normalized spacial score (nSPS) is 16.9. The molecule has 0 aliphatic carbocycles. The first-order valence-corrected chi connectivity index (χ1v) is 6.21. The summed E-state index contributed by atoms with van der Waals surface area (Å²) < 4.78 is 5.79. The summed E-state index contributed by atoms with van der Waals surface area (Å²) in [5.41, 5.74) is 0. The molecule has 0 bridgehead atoms. The fraction of sp³-hybridized carbons (Fsp3) is 0.417. The van der Waals surface area contributed by atoms with Crippen molar-refractivity contribution >= 4 is 29.0 Å². The Morgan fingerprint density at radius 3 is 2.53 bits per heavy atom. The van der Waals surface area contributed by atoms with Gasteiger partial charge in [-0.25, -0.2) is 0 Å². The van der Waals surface area contributed by atoms with Gasteiger partial charge in [0.15, 0.2) is 11.9 Å². The summed E-state index contributed by atoms with van der Waals surface area (Å²) in [5, 5.41) is 1.04. The summed E-state index contributed by atoms with van der Waals surface area (Å²) >= 11 is 12.1. The van der Waals surface area contributed by atoms with Crippen LogP contribution in [0.4, 0.5) is 0 Å². The van der Waals surface area contributed by atoms with E-state index in [1.807, 2.05) is 14.0 Å². The van der Waals surface area contributed by atoms with Gasteiger partial charge in [0.1, 0.15) is 5.84 Å². The minimum atomic E-state index is -0.153. The summed E-state index contributed by atoms with van der Waals surface area (Å²) in [7, 11) is 2.00. The molecule has 5 heteroatoms. The summed E-state index contributed by atoms with van der Waals surface area (Å²) in [6.45, 7) is 3.69. The molecule has 3 nitrogen and oxygen atoms in total. The number of likely N-dealkylation sites (N-methyl/N-ethyl adjacent to an activating group) is 1. The van der Waals surface area contributed by atoms with Gasteiger partial charge in [-0.15, -0.1) is 0 Å². The van der Waals surface area contributed by atoms with Crippen molar-refractivity contribution in [3.63, 3.8) is 0 Å². The second kappa shape index (κ2) is 5.15. The van der Waals surface area contributed by atoms with Crippen LogP contribution in [0.5, 0.6) is 5.75 Å². The van der Waals surface area contributed by atoms with Crippen LogP contribution in [0.15, 0.2) is 23.2 Å². The van der Waals surface area contributed by atoms with Gasteiger partial charge in [-0.1, -0.05) is 29.3 Å². The lowest BCUT2D eigenvalue weighted by atomic mass is 10.3. The second-order valence-corrected chi connectivity index (χ2v) is 4.79. The van der Waals surface area contributed by atoms with Gasteiger partial charge in [-0.3, -0.25) is 4.99 Å². The summed E-state index contributed by atoms with van der Waals surface area (Å²) in [4.78, 5) is 6.48. The molecule has 0 spiro atoms. The zero-order valence-corrected chi connectivity index (χ0v) is 11.3. The molecule has 0 amide bonds. The van der Waals surface area contributed by atoms with E-state index in [1.165, 1.54) is 0 Å². The maximum absolute atomic E-state index is 6.05. The number of ether oxygens (including phenoxy) is 1. The molecular formula is C12H14Cl2N2O. The Morgan fingerprint density at radius 2 is 2.00 bits per heavy atom. The first-order chi connectivity index (χ1) is 8.09. The molecule has 0 saturated heterocycles. The maximum Gasteiger partial charge on any atom is 0.157 e. The molecule has 1 aliphatic heterocycles. The highest BCUT2D eigenvalue weighted by Gasteiger charge is 2.22. The summed E-state index contributed by atoms with van der Waals surface area (Å²) in [5.74, 6) is 1.45. The average Bonchev–Trinajstić information content (AvgIpc) is 2.70. The Morgan fingerprint density at radius 1 is 1.35 bits per heavy atom. The van der Waals surface area contributed by atoms with Crippen molar-refractivity contribution in [2.24, 2.45) is 4.99 Å². The lowest BCUT2D eigenvalue weighted by molar-refractivity contribution is 0.272. The van der Waals surface area contributed by atoms with Gasteiger partial charge in [-0.2, -0.15) is 0 Å². The highest BCUT2D eigenvalue weighted by Crippen LogP contribution is 2.33. The van der Waals surface area contributed by atoms with Gasteiger partial charge >= 0.3 is 0 Å². The number of amidine groups is 1. The van der Waals surface area contributed by atoms with Crippen molar-refractivity contribution in [3.8, 4) is 5.75 Å². The van der Waals surface area contributed by atoms with E-state index in [0.29, 0.717) is 15.8 Å². The Kier molecular flexibility index (Phi) is 3.79. The highest BCUT2D eigenvalue weighted by molar-refractivity contribution is 6.37. The van der Waals surface area contributed by atoms with E-state index in [9.17, 15) is 0 Å². The highest BCUT2D eigenvalue weighted by atomic mass is 35.5. The number of nitrogens with zero attached hydrogens (tertiary/aromatic N) is 2. The van der Waals surface area contributed by atoms with Gasteiger partial charge in [0.25, 0.3) is 0 Å². The van der Waals surface area contributed by atoms with Crippen LogP contribution in [-0.2, 0) is 0 Å². The van der Waals surface area contributed by atoms with Gasteiger partial charge in [-0.05, 0) is 19.1 Å². The molecule has 1 atom stereocenters. The average molecular weight is 273 g/mol. The van der Waals surface area contributed by atoms with Crippen molar-refractivity contribution in [2.75, 3.05) is 20.1 Å². The van der Waals surface area contributed by atoms with Crippen LogP contribution < -0.4 is 4.74 Å². The van der Waals surface area contributed by atoms with Gasteiger partial charge in [0.05, 0.1) is 16.6 Å². The Labute approximate surface area is 111 Å². The number of benzene rings is 1. The minimum absolute atomic E-state index is 0.153. The first kappa shape index (κ1) is 12.5. The van der Waals surface area contributed by atoms with Crippen LogP contribution in [0.2, 0.25) is 10.0 Å². The molecule has 1 aliphatic rings. The zero-order chi connectivity index (χ0) is 12.4. The number of rotatable bonds is 3. The fourth-order valence-corrected chi connectivity index (χ4v) is 2.30. The first-order valence-electron chi connectivity index (χ1n) is 5.45. The monoisotopic (exact) mass is 272 g/mol. The predicted octanol–water partition coefficient (Wildman–Crippen LogP) is 3.10. The molecule has 0 radical (unpaired) electrons. The Bertz CT molecular complexity index is 428. The van der Waals surface area contributed by atoms with Gasteiger partial charge < -0.3 is 9.64 Å². The third-order valence-corrected chi connectivity index (χ3v) is 3.27. The largest absolute Gasteiger partial charge is 0.480 e. The SMILES string of the molecule is CC(Oc1c(Cl)cccc1Cl)C1=NCCN1C. The van der Waals surface area contributed by atoms with E-state index >= 15 is 0 Å². The fourth-order valence-electron chi connectivity index (χ4n) is 1.81. The van der Waals surface area contributed by atoms with E-state index in [-0.39, 0.29) is 6.10 Å². The molecule has 0 aromatic heterocycles. The number of aliphatic imine (C=N–C) groups is 1. The van der Waals surface area contributed by atoms with E-state index in [2.05, 4.69) is 9.89 Å². The smallest absolute Gasteiger partial charge is 0.157 e. The summed E-state index contributed by atoms with van der Waals surface area (Å²) in [6.07, 6.45) is -0.153. The maximum atomic E-state index is 6.05. The Balaban J connectivity index is 2.16. The lowest BCUT2D eigenvalue weighted by Gasteiger charge is -2.22. The molecule has 1 aromatic carbocycles. The van der Waals surface area contributed by atoms with E-state index in [1.54, 1.807) is 18.2 Å². The van der Waals surface area contributed by atoms with E-state index in [4.69, 9.17) is 27.9 Å². The molecule has 1 aromatic rings. The van der Waals surface area contributed by atoms with Crippen LogP contribution in [0.3, 0.4) is 0 Å². The lowest BCUT2D eigenvalue weighted by Crippen LogP contribution is -2.35. The van der Waals surface area contributed by atoms with Crippen LogP contribution in [0.25, 0.3) is 0 Å². The third kappa shape index (κ3) is 2.67. The number of hydrogen-bond donors (Lipinski definition) is 0. The van der Waals surface area contributed by atoms with Crippen molar-refractivity contribution in [2.45, 2.75) is 13.0 Å². The molecule has 1 heterocycles. The summed E-state index contributed by atoms with van der Waals surface area (Å²) in [6, 6.07) is 5.31.